The molecule has 41 heavy (non-hydrogen) atoms. The van der Waals surface area contributed by atoms with Crippen LogP contribution in [-0.2, 0) is 10.4 Å². The van der Waals surface area contributed by atoms with Gasteiger partial charge in [-0.2, -0.15) is 13.2 Å². The van der Waals surface area contributed by atoms with Crippen LogP contribution in [0.4, 0.5) is 18.9 Å². The first kappa shape index (κ1) is 29.7. The van der Waals surface area contributed by atoms with Crippen molar-refractivity contribution in [2.24, 2.45) is 11.8 Å². The summed E-state index contributed by atoms with van der Waals surface area (Å²) < 4.78 is 41.9. The zero-order valence-corrected chi connectivity index (χ0v) is 23.4. The molecule has 0 aliphatic carbocycles. The number of aliphatic hydroxyl groups excluding tert-OH is 1. The third-order valence-corrected chi connectivity index (χ3v) is 9.42. The number of carbonyl (C=O) groups is 2. The number of nitrogens with zero attached hydrogens (tertiary/aromatic N) is 3. The molecular weight excluding hydrogens is 559 g/mol. The van der Waals surface area contributed by atoms with Crippen molar-refractivity contribution in [1.29, 1.82) is 0 Å². The molecule has 2 aromatic rings. The summed E-state index contributed by atoms with van der Waals surface area (Å²) >= 11 is 6.49. The van der Waals surface area contributed by atoms with E-state index in [2.05, 4.69) is 4.90 Å². The molecule has 3 fully saturated rings. The number of alkyl halides is 3. The first-order chi connectivity index (χ1) is 19.5. The van der Waals surface area contributed by atoms with E-state index in [1.165, 1.54) is 18.2 Å². The van der Waals surface area contributed by atoms with Crippen LogP contribution in [0.3, 0.4) is 0 Å². The van der Waals surface area contributed by atoms with Crippen molar-refractivity contribution in [2.75, 3.05) is 44.2 Å². The number of benzene rings is 2. The number of amides is 2. The minimum Gasteiger partial charge on any atom is -0.394 e. The Kier molecular flexibility index (Phi) is 8.55. The second kappa shape index (κ2) is 11.8. The number of likely N-dealkylation sites (tertiary alicyclic amines) is 2. The molecule has 11 heteroatoms. The zero-order chi connectivity index (χ0) is 29.4. The van der Waals surface area contributed by atoms with Crippen LogP contribution in [0.1, 0.15) is 48.0 Å². The lowest BCUT2D eigenvalue weighted by molar-refractivity contribution is -0.262. The summed E-state index contributed by atoms with van der Waals surface area (Å²) in [4.78, 5) is 30.8. The fourth-order valence-corrected chi connectivity index (χ4v) is 6.70. The first-order valence-electron chi connectivity index (χ1n) is 14.1. The second-order valence-corrected chi connectivity index (χ2v) is 11.7. The second-order valence-electron chi connectivity index (χ2n) is 11.3. The molecule has 2 aromatic carbocycles. The maximum atomic E-state index is 14.0. The van der Waals surface area contributed by atoms with Gasteiger partial charge < -0.3 is 24.9 Å². The van der Waals surface area contributed by atoms with E-state index in [0.717, 1.165) is 55.1 Å². The van der Waals surface area contributed by atoms with Crippen molar-refractivity contribution in [3.05, 3.63) is 64.7 Å². The molecule has 0 spiro atoms. The molecule has 0 bridgehead atoms. The largest absolute Gasteiger partial charge is 0.430 e. The Labute approximate surface area is 242 Å². The molecule has 0 saturated carbocycles. The van der Waals surface area contributed by atoms with E-state index in [-0.39, 0.29) is 37.6 Å². The van der Waals surface area contributed by atoms with Gasteiger partial charge >= 0.3 is 6.18 Å². The molecule has 3 saturated heterocycles. The van der Waals surface area contributed by atoms with Crippen LogP contribution in [0, 0.1) is 11.8 Å². The summed E-state index contributed by atoms with van der Waals surface area (Å²) in [5, 5.41) is 20.4. The molecule has 222 valence electrons. The summed E-state index contributed by atoms with van der Waals surface area (Å²) in [5.41, 5.74) is -2.68. The molecule has 1 unspecified atom stereocenters. The zero-order valence-electron chi connectivity index (χ0n) is 22.7. The van der Waals surface area contributed by atoms with E-state index in [1.807, 2.05) is 12.1 Å². The number of hydrogen-bond donors (Lipinski definition) is 2. The van der Waals surface area contributed by atoms with Gasteiger partial charge in [-0.05, 0) is 62.1 Å². The van der Waals surface area contributed by atoms with Crippen LogP contribution in [0.25, 0.3) is 0 Å². The number of anilines is 1. The van der Waals surface area contributed by atoms with Gasteiger partial charge in [0.2, 0.25) is 0 Å². The van der Waals surface area contributed by atoms with Crippen molar-refractivity contribution in [3.63, 3.8) is 0 Å². The quantitative estimate of drug-likeness (QED) is 0.517. The van der Waals surface area contributed by atoms with Gasteiger partial charge in [0.1, 0.15) is 0 Å². The number of rotatable bonds is 6. The van der Waals surface area contributed by atoms with Gasteiger partial charge in [-0.15, -0.1) is 0 Å². The minimum atomic E-state index is -5.14. The van der Waals surface area contributed by atoms with Crippen LogP contribution >= 0.6 is 11.6 Å². The Morgan fingerprint density at radius 1 is 0.878 bits per heavy atom. The van der Waals surface area contributed by atoms with Crippen LogP contribution in [-0.4, -0.2) is 83.4 Å². The minimum absolute atomic E-state index is 0.0603. The topological polar surface area (TPSA) is 84.3 Å². The summed E-state index contributed by atoms with van der Waals surface area (Å²) in [6, 6.07) is 11.8. The maximum absolute atomic E-state index is 14.0. The highest BCUT2D eigenvalue weighted by Crippen LogP contribution is 2.42. The van der Waals surface area contributed by atoms with Crippen molar-refractivity contribution in [3.8, 4) is 0 Å². The average molecular weight is 594 g/mol. The Hall–Kier alpha value is -2.82. The monoisotopic (exact) mass is 593 g/mol. The summed E-state index contributed by atoms with van der Waals surface area (Å²) in [5.74, 6) is -0.814. The first-order valence-corrected chi connectivity index (χ1v) is 14.5. The van der Waals surface area contributed by atoms with Crippen LogP contribution in [0.2, 0.25) is 5.02 Å². The normalized spacial score (nSPS) is 22.3. The highest BCUT2D eigenvalue weighted by atomic mass is 35.5. The Balaban J connectivity index is 1.15. The maximum Gasteiger partial charge on any atom is 0.430 e. The average Bonchev–Trinajstić information content (AvgIpc) is 2.96. The van der Waals surface area contributed by atoms with E-state index in [4.69, 9.17) is 11.6 Å². The lowest BCUT2D eigenvalue weighted by Gasteiger charge is -2.42. The van der Waals surface area contributed by atoms with E-state index < -0.39 is 23.2 Å². The Morgan fingerprint density at radius 3 is 2.00 bits per heavy atom. The number of carbonyl (C=O) groups excluding carboxylic acids is 2. The standard InChI is InChI=1S/C30H35ClF3N3O4/c31-26-18-23(6-7-25(26)27(39)37-17-12-24(37)19-38)35-13-8-20(9-14-35)21-10-15-36(16-11-21)28(40)29(41,30(32,33)34)22-4-2-1-3-5-22/h1-7,18,20-21,24,38,41H,8-17,19H2/t24?,29-/m1/s1. The molecule has 2 N–H and O–H groups in total. The molecular formula is C30H35ClF3N3O4. The number of aliphatic hydroxyl groups is 2. The lowest BCUT2D eigenvalue weighted by Crippen LogP contribution is -2.57. The van der Waals surface area contributed by atoms with Crippen molar-refractivity contribution in [1.82, 2.24) is 9.80 Å². The predicted octanol–water partition coefficient (Wildman–Crippen LogP) is 4.45. The molecule has 5 rings (SSSR count). The summed E-state index contributed by atoms with van der Waals surface area (Å²) in [6.07, 6.45) is -1.37. The molecule has 7 nitrogen and oxygen atoms in total. The Bertz CT molecular complexity index is 1250. The number of halogens is 4. The smallest absolute Gasteiger partial charge is 0.394 e. The lowest BCUT2D eigenvalue weighted by atomic mass is 9.78. The van der Waals surface area contributed by atoms with Crippen LogP contribution in [0.15, 0.2) is 48.5 Å². The molecule has 2 atom stereocenters. The highest BCUT2D eigenvalue weighted by molar-refractivity contribution is 6.34. The van der Waals surface area contributed by atoms with Crippen LogP contribution in [0.5, 0.6) is 0 Å². The number of piperidine rings is 2. The summed E-state index contributed by atoms with van der Waals surface area (Å²) in [7, 11) is 0. The van der Waals surface area contributed by atoms with Gasteiger partial charge in [-0.3, -0.25) is 9.59 Å². The Morgan fingerprint density at radius 2 is 1.49 bits per heavy atom. The molecule has 2 amide bonds. The third-order valence-electron chi connectivity index (χ3n) is 9.11. The van der Waals surface area contributed by atoms with Crippen molar-refractivity contribution < 1.29 is 33.0 Å². The van der Waals surface area contributed by atoms with Gasteiger partial charge in [0, 0.05) is 44.0 Å². The molecule has 3 heterocycles. The van der Waals surface area contributed by atoms with Crippen LogP contribution < -0.4 is 4.90 Å². The fraction of sp³-hybridized carbons (Fsp3) is 0.533. The van der Waals surface area contributed by atoms with Crippen molar-refractivity contribution >= 4 is 29.1 Å². The van der Waals surface area contributed by atoms with Crippen molar-refractivity contribution in [2.45, 2.75) is 49.9 Å². The van der Waals surface area contributed by atoms with Gasteiger partial charge in [0.15, 0.2) is 0 Å². The SMILES string of the molecule is O=C(c1ccc(N2CCC(C3CCN(C(=O)[C@](O)(c4ccccc4)C(F)(F)F)CC3)CC2)cc1Cl)N1CCC1CO. The van der Waals surface area contributed by atoms with E-state index in [9.17, 15) is 33.0 Å². The van der Waals surface area contributed by atoms with E-state index >= 15 is 0 Å². The predicted molar refractivity (Wildman–Crippen MR) is 149 cm³/mol. The van der Waals surface area contributed by atoms with Gasteiger partial charge in [-0.25, -0.2) is 0 Å². The molecule has 3 aliphatic rings. The third kappa shape index (κ3) is 5.66. The highest BCUT2D eigenvalue weighted by Gasteiger charge is 2.62. The fourth-order valence-electron chi connectivity index (χ4n) is 6.45. The molecule has 3 aliphatic heterocycles. The number of hydrogen-bond acceptors (Lipinski definition) is 5. The van der Waals surface area contributed by atoms with Gasteiger partial charge in [-0.1, -0.05) is 41.9 Å². The van der Waals surface area contributed by atoms with E-state index in [1.54, 1.807) is 11.0 Å². The van der Waals surface area contributed by atoms with E-state index in [0.29, 0.717) is 35.9 Å². The molecule has 0 radical (unpaired) electrons. The van der Waals surface area contributed by atoms with Gasteiger partial charge in [0.25, 0.3) is 17.4 Å². The molecule has 0 aromatic heterocycles. The summed E-state index contributed by atoms with van der Waals surface area (Å²) in [6.45, 7) is 2.47. The van der Waals surface area contributed by atoms with Gasteiger partial charge in [0.05, 0.1) is 23.2 Å².